The van der Waals surface area contributed by atoms with Gasteiger partial charge >= 0.3 is 0 Å². The van der Waals surface area contributed by atoms with E-state index in [4.69, 9.17) is 5.11 Å². The van der Waals surface area contributed by atoms with Crippen LogP contribution in [0.2, 0.25) is 0 Å². The Morgan fingerprint density at radius 1 is 1.62 bits per heavy atom. The topological polar surface area (TPSA) is 37.3 Å². The molecule has 0 fully saturated rings. The highest BCUT2D eigenvalue weighted by molar-refractivity contribution is 9.09. The zero-order valence-corrected chi connectivity index (χ0v) is 8.51. The molecular formula is C9H8BrFO2. The Hall–Kier alpha value is -0.900. The van der Waals surface area contributed by atoms with Crippen LogP contribution < -0.4 is 0 Å². The second-order valence-corrected chi connectivity index (χ2v) is 3.60. The van der Waals surface area contributed by atoms with Crippen molar-refractivity contribution in [1.29, 1.82) is 0 Å². The number of Topliss-reactive ketones (excluding diaryl/α,β-unsaturated/α-hetero) is 1. The van der Waals surface area contributed by atoms with Gasteiger partial charge in [0.05, 0.1) is 4.83 Å². The molecule has 0 aliphatic carbocycles. The molecule has 1 aromatic rings. The van der Waals surface area contributed by atoms with Crippen LogP contribution in [-0.2, 0) is 4.79 Å². The normalized spacial score (nSPS) is 12.5. The van der Waals surface area contributed by atoms with Crippen molar-refractivity contribution >= 4 is 21.7 Å². The summed E-state index contributed by atoms with van der Waals surface area (Å²) in [6.45, 7) is 1.42. The van der Waals surface area contributed by atoms with Gasteiger partial charge in [-0.3, -0.25) is 4.79 Å². The Bertz CT molecular complexity index is 338. The average Bonchev–Trinajstić information content (AvgIpc) is 2.08. The lowest BCUT2D eigenvalue weighted by molar-refractivity contribution is -0.116. The van der Waals surface area contributed by atoms with Crippen molar-refractivity contribution in [3.63, 3.8) is 0 Å². The van der Waals surface area contributed by atoms with Gasteiger partial charge in [0.15, 0.2) is 11.6 Å². The predicted octanol–water partition coefficient (Wildman–Crippen LogP) is 2.56. The fraction of sp³-hybridized carbons (Fsp3) is 0.222. The van der Waals surface area contributed by atoms with Gasteiger partial charge in [-0.05, 0) is 24.6 Å². The van der Waals surface area contributed by atoms with E-state index < -0.39 is 16.4 Å². The molecule has 0 heterocycles. The Morgan fingerprint density at radius 3 is 2.69 bits per heavy atom. The Balaban J connectivity index is 3.03. The highest BCUT2D eigenvalue weighted by Gasteiger charge is 2.13. The van der Waals surface area contributed by atoms with Gasteiger partial charge in [-0.1, -0.05) is 22.0 Å². The molecule has 0 saturated heterocycles. The molecule has 0 aliphatic heterocycles. The molecule has 1 aromatic carbocycles. The monoisotopic (exact) mass is 246 g/mol. The van der Waals surface area contributed by atoms with Crippen LogP contribution in [0.25, 0.3) is 0 Å². The Kier molecular flexibility index (Phi) is 3.03. The van der Waals surface area contributed by atoms with Gasteiger partial charge in [-0.2, -0.15) is 0 Å². The van der Waals surface area contributed by atoms with E-state index >= 15 is 0 Å². The lowest BCUT2D eigenvalue weighted by atomic mass is 10.1. The van der Waals surface area contributed by atoms with E-state index in [1.165, 1.54) is 19.1 Å². The molecule has 1 N–H and O–H groups in total. The summed E-state index contributed by atoms with van der Waals surface area (Å²) >= 11 is 3.13. The number of halogens is 2. The summed E-state index contributed by atoms with van der Waals surface area (Å²) in [6.07, 6.45) is 0. The highest BCUT2D eigenvalue weighted by Crippen LogP contribution is 2.27. The largest absolute Gasteiger partial charge is 0.505 e. The number of alkyl halides is 1. The van der Waals surface area contributed by atoms with E-state index in [2.05, 4.69) is 15.9 Å². The van der Waals surface area contributed by atoms with Crippen molar-refractivity contribution in [2.75, 3.05) is 0 Å². The molecule has 0 radical (unpaired) electrons. The number of phenols is 1. The molecule has 1 atom stereocenters. The van der Waals surface area contributed by atoms with E-state index in [-0.39, 0.29) is 5.78 Å². The molecule has 2 nitrogen and oxygen atoms in total. The minimum Gasteiger partial charge on any atom is -0.505 e. The molecule has 1 unspecified atom stereocenters. The maximum Gasteiger partial charge on any atom is 0.164 e. The van der Waals surface area contributed by atoms with E-state index in [0.717, 1.165) is 6.07 Å². The summed E-state index contributed by atoms with van der Waals surface area (Å²) in [5.74, 6) is -1.22. The Labute approximate surface area is 83.5 Å². The number of benzene rings is 1. The van der Waals surface area contributed by atoms with Gasteiger partial charge < -0.3 is 5.11 Å². The van der Waals surface area contributed by atoms with E-state index in [1.807, 2.05) is 0 Å². The third-order valence-electron chi connectivity index (χ3n) is 1.62. The quantitative estimate of drug-likeness (QED) is 0.815. The first-order valence-corrected chi connectivity index (χ1v) is 4.57. The first kappa shape index (κ1) is 10.2. The van der Waals surface area contributed by atoms with Gasteiger partial charge in [-0.15, -0.1) is 0 Å². The fourth-order valence-electron chi connectivity index (χ4n) is 0.922. The van der Waals surface area contributed by atoms with E-state index in [0.29, 0.717) is 5.56 Å². The smallest absolute Gasteiger partial charge is 0.164 e. The maximum atomic E-state index is 12.6. The zero-order chi connectivity index (χ0) is 10.0. The predicted molar refractivity (Wildman–Crippen MR) is 50.4 cm³/mol. The van der Waals surface area contributed by atoms with Crippen LogP contribution in [0.4, 0.5) is 4.39 Å². The van der Waals surface area contributed by atoms with Crippen LogP contribution in [-0.4, -0.2) is 10.9 Å². The zero-order valence-electron chi connectivity index (χ0n) is 6.92. The number of rotatable bonds is 2. The number of carbonyl (C=O) groups is 1. The number of hydrogen-bond donors (Lipinski definition) is 1. The standard InChI is InChI=1S/C9H8BrFO2/c1-5(12)9(10)6-2-3-7(11)8(13)4-6/h2-4,9,13H,1H3. The molecule has 13 heavy (non-hydrogen) atoms. The third-order valence-corrected chi connectivity index (χ3v) is 2.79. The molecule has 0 spiro atoms. The highest BCUT2D eigenvalue weighted by atomic mass is 79.9. The van der Waals surface area contributed by atoms with Crippen molar-refractivity contribution in [3.8, 4) is 5.75 Å². The molecule has 0 amide bonds. The Morgan fingerprint density at radius 2 is 2.23 bits per heavy atom. The van der Waals surface area contributed by atoms with Crippen LogP contribution in [0, 0.1) is 5.82 Å². The second-order valence-electron chi connectivity index (χ2n) is 2.68. The molecule has 0 saturated carbocycles. The average molecular weight is 247 g/mol. The number of phenolic OH excluding ortho intramolecular Hbond substituents is 1. The summed E-state index contributed by atoms with van der Waals surface area (Å²) in [6, 6.07) is 3.81. The number of aromatic hydroxyl groups is 1. The minimum atomic E-state index is -0.688. The molecule has 1 rings (SSSR count). The van der Waals surface area contributed by atoms with Crippen LogP contribution in [0.15, 0.2) is 18.2 Å². The van der Waals surface area contributed by atoms with Crippen LogP contribution >= 0.6 is 15.9 Å². The van der Waals surface area contributed by atoms with Gasteiger partial charge in [-0.25, -0.2) is 4.39 Å². The van der Waals surface area contributed by atoms with Crippen LogP contribution in [0.5, 0.6) is 5.75 Å². The van der Waals surface area contributed by atoms with Crippen molar-refractivity contribution in [1.82, 2.24) is 0 Å². The molecule has 4 heteroatoms. The van der Waals surface area contributed by atoms with E-state index in [1.54, 1.807) is 0 Å². The molecule has 0 aliphatic rings. The second kappa shape index (κ2) is 3.87. The fourth-order valence-corrected chi connectivity index (χ4v) is 1.21. The first-order chi connectivity index (χ1) is 6.02. The minimum absolute atomic E-state index is 0.0917. The van der Waals surface area contributed by atoms with Gasteiger partial charge in [0.2, 0.25) is 0 Å². The first-order valence-electron chi connectivity index (χ1n) is 3.65. The molecule has 0 aromatic heterocycles. The van der Waals surface area contributed by atoms with Crippen LogP contribution in [0.3, 0.4) is 0 Å². The molecule has 0 bridgehead atoms. The van der Waals surface area contributed by atoms with Crippen molar-refractivity contribution in [3.05, 3.63) is 29.6 Å². The SMILES string of the molecule is CC(=O)C(Br)c1ccc(F)c(O)c1. The van der Waals surface area contributed by atoms with Gasteiger partial charge in [0.1, 0.15) is 5.78 Å². The summed E-state index contributed by atoms with van der Waals surface area (Å²) < 4.78 is 12.6. The number of ketones is 1. The summed E-state index contributed by atoms with van der Waals surface area (Å²) in [4.78, 5) is 10.4. The number of carbonyl (C=O) groups excluding carboxylic acids is 1. The van der Waals surface area contributed by atoms with E-state index in [9.17, 15) is 9.18 Å². The van der Waals surface area contributed by atoms with Gasteiger partial charge in [0.25, 0.3) is 0 Å². The maximum absolute atomic E-state index is 12.6. The molecule has 70 valence electrons. The third kappa shape index (κ3) is 2.28. The van der Waals surface area contributed by atoms with Gasteiger partial charge in [0, 0.05) is 0 Å². The lowest BCUT2D eigenvalue weighted by Gasteiger charge is -2.06. The number of hydrogen-bond acceptors (Lipinski definition) is 2. The summed E-state index contributed by atoms with van der Waals surface area (Å²) in [5.41, 5.74) is 0.548. The van der Waals surface area contributed by atoms with Crippen molar-refractivity contribution < 1.29 is 14.3 Å². The summed E-state index contributed by atoms with van der Waals surface area (Å²) in [5, 5.41) is 9.02. The van der Waals surface area contributed by atoms with Crippen molar-refractivity contribution in [2.45, 2.75) is 11.8 Å². The molecular weight excluding hydrogens is 239 g/mol. The summed E-state index contributed by atoms with van der Waals surface area (Å²) in [7, 11) is 0. The van der Waals surface area contributed by atoms with Crippen molar-refractivity contribution in [2.24, 2.45) is 0 Å². The van der Waals surface area contributed by atoms with Crippen LogP contribution in [0.1, 0.15) is 17.3 Å². The lowest BCUT2D eigenvalue weighted by Crippen LogP contribution is -2.00.